The van der Waals surface area contributed by atoms with Crippen molar-refractivity contribution in [2.75, 3.05) is 5.32 Å². The lowest BCUT2D eigenvalue weighted by Gasteiger charge is -2.40. The number of hydrogen-bond acceptors (Lipinski definition) is 5. The summed E-state index contributed by atoms with van der Waals surface area (Å²) in [6.45, 7) is 4.19. The first-order chi connectivity index (χ1) is 17.1. The van der Waals surface area contributed by atoms with Gasteiger partial charge in [0.25, 0.3) is 5.91 Å². The molecule has 2 atom stereocenters. The fourth-order valence-electron chi connectivity index (χ4n) is 5.07. The third-order valence-electron chi connectivity index (χ3n) is 6.47. The highest BCUT2D eigenvalue weighted by Gasteiger charge is 2.35. The molecule has 8 nitrogen and oxygen atoms in total. The van der Waals surface area contributed by atoms with Crippen molar-refractivity contribution < 1.29 is 18.0 Å². The molecule has 5 rings (SSSR count). The number of aryl methyl sites for hydroxylation is 1. The summed E-state index contributed by atoms with van der Waals surface area (Å²) in [6, 6.07) is 1.64. The van der Waals surface area contributed by atoms with E-state index in [0.29, 0.717) is 17.7 Å². The number of aromatic amines is 1. The maximum atomic E-state index is 14.7. The Kier molecular flexibility index (Phi) is 5.93. The number of H-pyrrole nitrogens is 1. The normalized spacial score (nSPS) is 19.4. The number of rotatable bonds is 5. The molecule has 0 bridgehead atoms. The first-order valence-corrected chi connectivity index (χ1v) is 11.6. The molecule has 1 aromatic carbocycles. The van der Waals surface area contributed by atoms with E-state index in [1.165, 1.54) is 12.3 Å². The lowest BCUT2D eigenvalue weighted by molar-refractivity contribution is 0.0892. The van der Waals surface area contributed by atoms with Crippen LogP contribution in [0, 0.1) is 22.9 Å². The van der Waals surface area contributed by atoms with E-state index < -0.39 is 17.5 Å². The Morgan fingerprint density at radius 2 is 1.92 bits per heavy atom. The van der Waals surface area contributed by atoms with Gasteiger partial charge >= 0.3 is 0 Å². The van der Waals surface area contributed by atoms with Crippen molar-refractivity contribution in [3.63, 3.8) is 0 Å². The number of nitrogens with zero attached hydrogens (tertiary/aromatic N) is 4. The van der Waals surface area contributed by atoms with E-state index in [4.69, 9.17) is 0 Å². The highest BCUT2D eigenvalue weighted by atomic mass is 19.1. The Labute approximate surface area is 205 Å². The van der Waals surface area contributed by atoms with Crippen LogP contribution in [-0.2, 0) is 7.05 Å². The van der Waals surface area contributed by atoms with Gasteiger partial charge in [-0.3, -0.25) is 4.79 Å². The van der Waals surface area contributed by atoms with Gasteiger partial charge in [0.05, 0.1) is 18.0 Å². The Morgan fingerprint density at radius 1 is 1.14 bits per heavy atom. The molecule has 0 saturated heterocycles. The molecule has 0 spiro atoms. The van der Waals surface area contributed by atoms with Crippen LogP contribution >= 0.6 is 0 Å². The zero-order valence-electron chi connectivity index (χ0n) is 20.1. The molecule has 1 aliphatic carbocycles. The SMILES string of the molecule is Cn1cnc(C(=O)NC2CC(Nc3nc(-c4c[nH]c5c(F)cc(F)cc45)ncc3F)CC(C)(C)C2)c1. The van der Waals surface area contributed by atoms with Gasteiger partial charge in [-0.15, -0.1) is 0 Å². The van der Waals surface area contributed by atoms with Crippen LogP contribution in [0.1, 0.15) is 43.6 Å². The molecular formula is C25H26F3N7O. The summed E-state index contributed by atoms with van der Waals surface area (Å²) < 4.78 is 44.4. The predicted molar refractivity (Wildman–Crippen MR) is 129 cm³/mol. The molecule has 3 heterocycles. The minimum absolute atomic E-state index is 0.0104. The molecule has 3 N–H and O–H groups in total. The molecule has 1 fully saturated rings. The third-order valence-corrected chi connectivity index (χ3v) is 6.47. The first-order valence-electron chi connectivity index (χ1n) is 11.6. The minimum atomic E-state index is -0.736. The molecule has 0 radical (unpaired) electrons. The third kappa shape index (κ3) is 4.77. The average molecular weight is 498 g/mol. The number of carbonyl (C=O) groups excluding carboxylic acids is 1. The van der Waals surface area contributed by atoms with Crippen molar-refractivity contribution in [3.05, 3.63) is 60.2 Å². The van der Waals surface area contributed by atoms with E-state index in [1.807, 2.05) is 0 Å². The number of anilines is 1. The molecule has 4 aromatic rings. The second-order valence-corrected chi connectivity index (χ2v) is 10.1. The second kappa shape index (κ2) is 8.96. The lowest BCUT2D eigenvalue weighted by atomic mass is 9.72. The Balaban J connectivity index is 1.38. The zero-order chi connectivity index (χ0) is 25.6. The van der Waals surface area contributed by atoms with Gasteiger partial charge in [0.15, 0.2) is 17.5 Å². The maximum absolute atomic E-state index is 14.7. The summed E-state index contributed by atoms with van der Waals surface area (Å²) >= 11 is 0. The standard InChI is InChI=1S/C25H26F3N7O/c1-25(2)7-14(6-15(8-25)33-24(36)20-11-35(3)12-31-20)32-23-19(28)10-30-22(34-23)17-9-29-21-16(17)4-13(26)5-18(21)27/h4-5,9-12,14-15,29H,6-8H2,1-3H3,(H,33,36)(H,30,32,34). The molecule has 3 aromatic heterocycles. The van der Waals surface area contributed by atoms with E-state index in [-0.39, 0.29) is 46.0 Å². The smallest absolute Gasteiger partial charge is 0.271 e. The molecule has 188 valence electrons. The fourth-order valence-corrected chi connectivity index (χ4v) is 5.07. The summed E-state index contributed by atoms with van der Waals surface area (Å²) in [5.74, 6) is -2.25. The molecule has 11 heteroatoms. The van der Waals surface area contributed by atoms with Crippen molar-refractivity contribution in [1.29, 1.82) is 0 Å². The van der Waals surface area contributed by atoms with Crippen molar-refractivity contribution >= 4 is 22.6 Å². The number of carbonyl (C=O) groups is 1. The summed E-state index contributed by atoms with van der Waals surface area (Å²) in [4.78, 5) is 27.9. The predicted octanol–water partition coefficient (Wildman–Crippen LogP) is 4.56. The van der Waals surface area contributed by atoms with Crippen LogP contribution in [-0.4, -0.2) is 42.5 Å². The van der Waals surface area contributed by atoms with Crippen LogP contribution < -0.4 is 10.6 Å². The van der Waals surface area contributed by atoms with Gasteiger partial charge in [0.2, 0.25) is 0 Å². The van der Waals surface area contributed by atoms with Gasteiger partial charge in [-0.2, -0.15) is 0 Å². The Hall–Kier alpha value is -3.89. The highest BCUT2D eigenvalue weighted by molar-refractivity contribution is 5.94. The Bertz CT molecular complexity index is 1440. The van der Waals surface area contributed by atoms with Crippen LogP contribution in [0.4, 0.5) is 19.0 Å². The first kappa shape index (κ1) is 23.8. The molecular weight excluding hydrogens is 471 g/mol. The van der Waals surface area contributed by atoms with Crippen LogP contribution in [0.5, 0.6) is 0 Å². The van der Waals surface area contributed by atoms with Crippen molar-refractivity contribution in [1.82, 2.24) is 29.8 Å². The molecule has 1 saturated carbocycles. The molecule has 1 amide bonds. The number of amides is 1. The number of aromatic nitrogens is 5. The van der Waals surface area contributed by atoms with Crippen molar-refractivity contribution in [3.8, 4) is 11.4 Å². The molecule has 0 aliphatic heterocycles. The largest absolute Gasteiger partial charge is 0.365 e. The van der Waals surface area contributed by atoms with Crippen molar-refractivity contribution in [2.45, 2.75) is 45.2 Å². The molecule has 2 unspecified atom stereocenters. The van der Waals surface area contributed by atoms with E-state index >= 15 is 0 Å². The Morgan fingerprint density at radius 3 is 2.67 bits per heavy atom. The second-order valence-electron chi connectivity index (χ2n) is 10.1. The molecule has 1 aliphatic rings. The van der Waals surface area contributed by atoms with Gasteiger partial charge in [0, 0.05) is 48.5 Å². The van der Waals surface area contributed by atoms with Crippen LogP contribution in [0.2, 0.25) is 0 Å². The summed E-state index contributed by atoms with van der Waals surface area (Å²) in [6.07, 6.45) is 7.77. The minimum Gasteiger partial charge on any atom is -0.365 e. The van der Waals surface area contributed by atoms with Gasteiger partial charge in [-0.05, 0) is 30.7 Å². The van der Waals surface area contributed by atoms with Gasteiger partial charge in [-0.1, -0.05) is 13.8 Å². The van der Waals surface area contributed by atoms with Crippen LogP contribution in [0.3, 0.4) is 0 Å². The summed E-state index contributed by atoms with van der Waals surface area (Å²) in [7, 11) is 1.79. The number of benzene rings is 1. The maximum Gasteiger partial charge on any atom is 0.271 e. The van der Waals surface area contributed by atoms with Gasteiger partial charge in [-0.25, -0.2) is 28.1 Å². The monoisotopic (exact) mass is 497 g/mol. The van der Waals surface area contributed by atoms with E-state index in [2.05, 4.69) is 44.4 Å². The van der Waals surface area contributed by atoms with Crippen molar-refractivity contribution in [2.24, 2.45) is 12.5 Å². The number of fused-ring (bicyclic) bond motifs is 1. The van der Waals surface area contributed by atoms with Gasteiger partial charge < -0.3 is 20.2 Å². The van der Waals surface area contributed by atoms with E-state index in [9.17, 15) is 18.0 Å². The molecule has 36 heavy (non-hydrogen) atoms. The quantitative estimate of drug-likeness (QED) is 0.375. The summed E-state index contributed by atoms with van der Waals surface area (Å²) in [5.41, 5.74) is 0.685. The van der Waals surface area contributed by atoms with Crippen LogP contribution in [0.25, 0.3) is 22.3 Å². The fraction of sp³-hybridized carbons (Fsp3) is 0.360. The number of nitrogens with one attached hydrogen (secondary N) is 3. The lowest BCUT2D eigenvalue weighted by Crippen LogP contribution is -2.47. The van der Waals surface area contributed by atoms with Gasteiger partial charge in [0.1, 0.15) is 17.3 Å². The highest BCUT2D eigenvalue weighted by Crippen LogP contribution is 2.37. The average Bonchev–Trinajstić information content (AvgIpc) is 3.41. The van der Waals surface area contributed by atoms with E-state index in [0.717, 1.165) is 25.1 Å². The number of imidazole rings is 1. The van der Waals surface area contributed by atoms with E-state index in [1.54, 1.807) is 24.1 Å². The number of halogens is 3. The summed E-state index contributed by atoms with van der Waals surface area (Å²) in [5, 5.41) is 6.48. The number of hydrogen-bond donors (Lipinski definition) is 3. The van der Waals surface area contributed by atoms with Crippen LogP contribution in [0.15, 0.2) is 37.1 Å². The topological polar surface area (TPSA) is 101 Å². The zero-order valence-corrected chi connectivity index (χ0v) is 20.1.